The van der Waals surface area contributed by atoms with Crippen molar-refractivity contribution >= 4 is 11.8 Å². The highest BCUT2D eigenvalue weighted by atomic mass is 32.2. The lowest BCUT2D eigenvalue weighted by molar-refractivity contribution is 0.324. The second-order valence-corrected chi connectivity index (χ2v) is 7.18. The summed E-state index contributed by atoms with van der Waals surface area (Å²) in [6.45, 7) is 4.95. The summed E-state index contributed by atoms with van der Waals surface area (Å²) in [5, 5.41) is 9.73. The quantitative estimate of drug-likeness (QED) is 0.516. The van der Waals surface area contributed by atoms with Crippen molar-refractivity contribution in [3.8, 4) is 28.6 Å². The number of rotatable bonds is 8. The number of benzene rings is 2. The Morgan fingerprint density at radius 1 is 0.964 bits per heavy atom. The Morgan fingerprint density at radius 2 is 1.68 bits per heavy atom. The Labute approximate surface area is 169 Å². The highest BCUT2D eigenvalue weighted by Crippen LogP contribution is 2.41. The molecule has 7 heteroatoms. The van der Waals surface area contributed by atoms with Crippen molar-refractivity contribution in [2.75, 3.05) is 21.3 Å². The van der Waals surface area contributed by atoms with Crippen LogP contribution in [0, 0.1) is 6.92 Å². The summed E-state index contributed by atoms with van der Waals surface area (Å²) in [5.74, 6) is 3.36. The third-order valence-corrected chi connectivity index (χ3v) is 5.44. The van der Waals surface area contributed by atoms with E-state index in [1.165, 1.54) is 11.1 Å². The van der Waals surface area contributed by atoms with Crippen molar-refractivity contribution in [2.24, 2.45) is 0 Å². The van der Waals surface area contributed by atoms with Gasteiger partial charge in [0.2, 0.25) is 5.75 Å². The van der Waals surface area contributed by atoms with E-state index < -0.39 is 0 Å². The van der Waals surface area contributed by atoms with Gasteiger partial charge in [-0.2, -0.15) is 0 Å². The van der Waals surface area contributed by atoms with Gasteiger partial charge in [-0.1, -0.05) is 41.6 Å². The molecule has 0 bridgehead atoms. The SMILES string of the molecule is CCn1c(SCc2cccc(C)c2)nnc1-c1cc(OC)c(OC)c(OC)c1. The first-order chi connectivity index (χ1) is 13.6. The van der Waals surface area contributed by atoms with Gasteiger partial charge in [0.1, 0.15) is 0 Å². The Bertz CT molecular complexity index is 931. The molecule has 3 aromatic rings. The van der Waals surface area contributed by atoms with Crippen LogP contribution < -0.4 is 14.2 Å². The molecule has 2 aromatic carbocycles. The summed E-state index contributed by atoms with van der Waals surface area (Å²) >= 11 is 1.68. The standard InChI is InChI=1S/C21H25N3O3S/c1-6-24-20(16-11-17(25-3)19(27-5)18(12-16)26-4)22-23-21(24)28-13-15-9-7-8-14(2)10-15/h7-12H,6,13H2,1-5H3. The maximum absolute atomic E-state index is 5.47. The molecule has 0 fully saturated rings. The fourth-order valence-electron chi connectivity index (χ4n) is 3.05. The zero-order valence-electron chi connectivity index (χ0n) is 16.9. The molecule has 0 saturated carbocycles. The molecule has 0 saturated heterocycles. The number of hydrogen-bond acceptors (Lipinski definition) is 6. The molecule has 1 aromatic heterocycles. The molecular formula is C21H25N3O3S. The van der Waals surface area contributed by atoms with E-state index in [0.29, 0.717) is 17.2 Å². The Hall–Kier alpha value is -2.67. The van der Waals surface area contributed by atoms with Gasteiger partial charge in [-0.15, -0.1) is 10.2 Å². The van der Waals surface area contributed by atoms with Gasteiger partial charge in [0.15, 0.2) is 22.5 Å². The Balaban J connectivity index is 1.93. The minimum absolute atomic E-state index is 0.561. The average Bonchev–Trinajstić information content (AvgIpc) is 3.14. The van der Waals surface area contributed by atoms with Crippen LogP contribution in [0.1, 0.15) is 18.1 Å². The van der Waals surface area contributed by atoms with Gasteiger partial charge in [0, 0.05) is 17.9 Å². The molecule has 0 unspecified atom stereocenters. The minimum atomic E-state index is 0.561. The van der Waals surface area contributed by atoms with Crippen LogP contribution in [-0.2, 0) is 12.3 Å². The molecule has 0 atom stereocenters. The maximum Gasteiger partial charge on any atom is 0.203 e. The van der Waals surface area contributed by atoms with Crippen molar-refractivity contribution in [1.29, 1.82) is 0 Å². The van der Waals surface area contributed by atoms with Gasteiger partial charge < -0.3 is 18.8 Å². The second-order valence-electron chi connectivity index (χ2n) is 6.24. The Kier molecular flexibility index (Phi) is 6.46. The van der Waals surface area contributed by atoms with Crippen molar-refractivity contribution in [3.05, 3.63) is 47.5 Å². The van der Waals surface area contributed by atoms with E-state index in [1.54, 1.807) is 33.1 Å². The molecule has 0 aliphatic carbocycles. The topological polar surface area (TPSA) is 58.4 Å². The van der Waals surface area contributed by atoms with Gasteiger partial charge in [-0.25, -0.2) is 0 Å². The van der Waals surface area contributed by atoms with Crippen molar-refractivity contribution < 1.29 is 14.2 Å². The van der Waals surface area contributed by atoms with Gasteiger partial charge in [0.05, 0.1) is 21.3 Å². The fourth-order valence-corrected chi connectivity index (χ4v) is 4.00. The van der Waals surface area contributed by atoms with E-state index in [9.17, 15) is 0 Å². The molecule has 0 amide bonds. The Morgan fingerprint density at radius 3 is 2.25 bits per heavy atom. The first kappa shape index (κ1) is 20.1. The molecule has 3 rings (SSSR count). The van der Waals surface area contributed by atoms with Crippen LogP contribution in [0.5, 0.6) is 17.2 Å². The van der Waals surface area contributed by atoms with Crippen LogP contribution in [0.2, 0.25) is 0 Å². The molecule has 1 heterocycles. The van der Waals surface area contributed by atoms with Crippen LogP contribution in [0.25, 0.3) is 11.4 Å². The minimum Gasteiger partial charge on any atom is -0.493 e. The van der Waals surface area contributed by atoms with E-state index in [2.05, 4.69) is 52.9 Å². The maximum atomic E-state index is 5.47. The monoisotopic (exact) mass is 399 g/mol. The lowest BCUT2D eigenvalue weighted by Crippen LogP contribution is -2.01. The summed E-state index contributed by atoms with van der Waals surface area (Å²) in [6.07, 6.45) is 0. The lowest BCUT2D eigenvalue weighted by atomic mass is 10.1. The van der Waals surface area contributed by atoms with Gasteiger partial charge in [-0.3, -0.25) is 0 Å². The second kappa shape index (κ2) is 9.01. The fraction of sp³-hybridized carbons (Fsp3) is 0.333. The van der Waals surface area contributed by atoms with Crippen LogP contribution in [-0.4, -0.2) is 36.1 Å². The van der Waals surface area contributed by atoms with Crippen molar-refractivity contribution in [2.45, 2.75) is 31.3 Å². The lowest BCUT2D eigenvalue weighted by Gasteiger charge is -2.14. The smallest absolute Gasteiger partial charge is 0.203 e. The van der Waals surface area contributed by atoms with E-state index in [1.807, 2.05) is 12.1 Å². The molecule has 0 aliphatic heterocycles. The third-order valence-electron chi connectivity index (χ3n) is 4.41. The van der Waals surface area contributed by atoms with Crippen molar-refractivity contribution in [3.63, 3.8) is 0 Å². The number of aryl methyl sites for hydroxylation is 1. The number of nitrogens with zero attached hydrogens (tertiary/aromatic N) is 3. The van der Waals surface area contributed by atoms with Crippen LogP contribution in [0.15, 0.2) is 41.6 Å². The summed E-state index contributed by atoms with van der Waals surface area (Å²) < 4.78 is 18.4. The van der Waals surface area contributed by atoms with Crippen LogP contribution in [0.4, 0.5) is 0 Å². The highest BCUT2D eigenvalue weighted by Gasteiger charge is 2.19. The molecule has 28 heavy (non-hydrogen) atoms. The summed E-state index contributed by atoms with van der Waals surface area (Å²) in [6, 6.07) is 12.3. The largest absolute Gasteiger partial charge is 0.493 e. The van der Waals surface area contributed by atoms with E-state index in [4.69, 9.17) is 14.2 Å². The molecule has 0 aliphatic rings. The number of methoxy groups -OCH3 is 3. The van der Waals surface area contributed by atoms with Crippen LogP contribution in [0.3, 0.4) is 0 Å². The molecule has 0 spiro atoms. The predicted molar refractivity (Wildman–Crippen MR) is 112 cm³/mol. The molecule has 6 nitrogen and oxygen atoms in total. The molecule has 148 valence electrons. The molecular weight excluding hydrogens is 374 g/mol. The van der Waals surface area contributed by atoms with Gasteiger partial charge in [0.25, 0.3) is 0 Å². The van der Waals surface area contributed by atoms with Crippen LogP contribution >= 0.6 is 11.8 Å². The van der Waals surface area contributed by atoms with Crippen molar-refractivity contribution in [1.82, 2.24) is 14.8 Å². The first-order valence-corrected chi connectivity index (χ1v) is 10.0. The predicted octanol–water partition coefficient (Wildman–Crippen LogP) is 4.59. The third kappa shape index (κ3) is 4.09. The normalized spacial score (nSPS) is 10.8. The summed E-state index contributed by atoms with van der Waals surface area (Å²) in [4.78, 5) is 0. The number of thioether (sulfide) groups is 1. The first-order valence-electron chi connectivity index (χ1n) is 9.03. The highest BCUT2D eigenvalue weighted by molar-refractivity contribution is 7.98. The van der Waals surface area contributed by atoms with E-state index in [-0.39, 0.29) is 0 Å². The zero-order chi connectivity index (χ0) is 20.1. The van der Waals surface area contributed by atoms with Gasteiger partial charge in [-0.05, 0) is 31.5 Å². The number of aromatic nitrogens is 3. The van der Waals surface area contributed by atoms with Gasteiger partial charge >= 0.3 is 0 Å². The van der Waals surface area contributed by atoms with E-state index >= 15 is 0 Å². The number of hydrogen-bond donors (Lipinski definition) is 0. The summed E-state index contributed by atoms with van der Waals surface area (Å²) in [5.41, 5.74) is 3.39. The number of ether oxygens (including phenoxy) is 3. The van der Waals surface area contributed by atoms with E-state index in [0.717, 1.165) is 28.8 Å². The molecule has 0 radical (unpaired) electrons. The molecule has 0 N–H and O–H groups in total. The average molecular weight is 400 g/mol. The zero-order valence-corrected chi connectivity index (χ0v) is 17.7. The summed E-state index contributed by atoms with van der Waals surface area (Å²) in [7, 11) is 4.80.